The lowest BCUT2D eigenvalue weighted by Crippen LogP contribution is -2.45. The normalized spacial score (nSPS) is 31.3. The number of hydrogen-bond acceptors (Lipinski definition) is 2. The Bertz CT molecular complexity index is 170. The van der Waals surface area contributed by atoms with Gasteiger partial charge in [0.1, 0.15) is 0 Å². The van der Waals surface area contributed by atoms with E-state index in [4.69, 9.17) is 11.6 Å². The Kier molecular flexibility index (Phi) is 4.78. The Morgan fingerprint density at radius 2 is 2.38 bits per heavy atom. The highest BCUT2D eigenvalue weighted by Crippen LogP contribution is 2.14. The van der Waals surface area contributed by atoms with Crippen molar-refractivity contribution >= 4 is 11.6 Å². The van der Waals surface area contributed by atoms with Gasteiger partial charge in [-0.1, -0.05) is 17.7 Å². The van der Waals surface area contributed by atoms with Gasteiger partial charge in [0.25, 0.3) is 0 Å². The van der Waals surface area contributed by atoms with Crippen LogP contribution in [0.1, 0.15) is 19.8 Å². The largest absolute Gasteiger partial charge is 0.310 e. The van der Waals surface area contributed by atoms with Crippen LogP contribution >= 0.6 is 11.6 Å². The van der Waals surface area contributed by atoms with Gasteiger partial charge in [-0.15, -0.1) is 0 Å². The number of rotatable bonds is 3. The van der Waals surface area contributed by atoms with Gasteiger partial charge in [-0.25, -0.2) is 0 Å². The van der Waals surface area contributed by atoms with Crippen LogP contribution in [0.25, 0.3) is 0 Å². The molecule has 0 aromatic carbocycles. The second kappa shape index (κ2) is 5.63. The molecule has 1 rings (SSSR count). The molecule has 13 heavy (non-hydrogen) atoms. The van der Waals surface area contributed by atoms with Crippen LogP contribution in [-0.4, -0.2) is 37.1 Å². The standard InChI is InChI=1S/C10H19ClN2/c1-9-8-10(4-7-13(9)2)12-6-3-5-11/h3,5,9-10,12H,4,6-8H2,1-2H3/b5-3+. The van der Waals surface area contributed by atoms with E-state index in [0.29, 0.717) is 12.1 Å². The van der Waals surface area contributed by atoms with Gasteiger partial charge < -0.3 is 10.2 Å². The second-order valence-electron chi connectivity index (χ2n) is 3.82. The molecule has 1 aliphatic rings. The Morgan fingerprint density at radius 3 is 3.00 bits per heavy atom. The fraction of sp³-hybridized carbons (Fsp3) is 0.800. The summed E-state index contributed by atoms with van der Waals surface area (Å²) in [5, 5.41) is 3.48. The number of nitrogens with zero attached hydrogens (tertiary/aromatic N) is 1. The lowest BCUT2D eigenvalue weighted by atomic mass is 9.99. The average Bonchev–Trinajstić information content (AvgIpc) is 2.12. The minimum atomic E-state index is 0.666. The van der Waals surface area contributed by atoms with E-state index in [1.165, 1.54) is 19.4 Å². The Labute approximate surface area is 85.9 Å². The molecule has 0 bridgehead atoms. The zero-order valence-corrected chi connectivity index (χ0v) is 9.22. The van der Waals surface area contributed by atoms with Crippen molar-refractivity contribution < 1.29 is 0 Å². The number of nitrogens with one attached hydrogen (secondary N) is 1. The highest BCUT2D eigenvalue weighted by molar-refractivity contribution is 6.25. The van der Waals surface area contributed by atoms with Gasteiger partial charge in [-0.2, -0.15) is 0 Å². The van der Waals surface area contributed by atoms with Crippen molar-refractivity contribution in [3.8, 4) is 0 Å². The van der Waals surface area contributed by atoms with Gasteiger partial charge in [-0.3, -0.25) is 0 Å². The summed E-state index contributed by atoms with van der Waals surface area (Å²) >= 11 is 5.44. The van der Waals surface area contributed by atoms with E-state index in [9.17, 15) is 0 Å². The van der Waals surface area contributed by atoms with Crippen molar-refractivity contribution in [2.24, 2.45) is 0 Å². The fourth-order valence-electron chi connectivity index (χ4n) is 1.75. The second-order valence-corrected chi connectivity index (χ2v) is 4.07. The molecule has 0 amide bonds. The van der Waals surface area contributed by atoms with Crippen molar-refractivity contribution in [3.63, 3.8) is 0 Å². The zero-order valence-electron chi connectivity index (χ0n) is 8.46. The Hall–Kier alpha value is -0.0500. The third kappa shape index (κ3) is 3.67. The molecule has 2 nitrogen and oxygen atoms in total. The van der Waals surface area contributed by atoms with Crippen LogP contribution in [0.4, 0.5) is 0 Å². The first-order chi connectivity index (χ1) is 6.24. The van der Waals surface area contributed by atoms with E-state index in [1.807, 2.05) is 6.08 Å². The number of hydrogen-bond donors (Lipinski definition) is 1. The monoisotopic (exact) mass is 202 g/mol. The molecule has 2 unspecified atom stereocenters. The maximum absolute atomic E-state index is 5.44. The van der Waals surface area contributed by atoms with Crippen LogP contribution < -0.4 is 5.32 Å². The van der Waals surface area contributed by atoms with Crippen molar-refractivity contribution in [2.75, 3.05) is 20.1 Å². The van der Waals surface area contributed by atoms with Crippen molar-refractivity contribution in [1.82, 2.24) is 10.2 Å². The maximum Gasteiger partial charge on any atom is 0.0149 e. The van der Waals surface area contributed by atoms with E-state index in [-0.39, 0.29) is 0 Å². The van der Waals surface area contributed by atoms with Crippen LogP contribution in [0, 0.1) is 0 Å². The highest BCUT2D eigenvalue weighted by atomic mass is 35.5. The molecule has 0 saturated carbocycles. The Balaban J connectivity index is 2.21. The molecule has 0 aromatic heterocycles. The number of halogens is 1. The van der Waals surface area contributed by atoms with Crippen LogP contribution in [0.2, 0.25) is 0 Å². The molecule has 1 N–H and O–H groups in total. The van der Waals surface area contributed by atoms with Gasteiger partial charge in [-0.05, 0) is 33.4 Å². The summed E-state index contributed by atoms with van der Waals surface area (Å²) in [6.07, 6.45) is 4.44. The minimum absolute atomic E-state index is 0.666. The third-order valence-electron chi connectivity index (χ3n) is 2.82. The van der Waals surface area contributed by atoms with E-state index in [2.05, 4.69) is 24.2 Å². The zero-order chi connectivity index (χ0) is 9.68. The van der Waals surface area contributed by atoms with E-state index in [1.54, 1.807) is 5.54 Å². The van der Waals surface area contributed by atoms with Gasteiger partial charge >= 0.3 is 0 Å². The summed E-state index contributed by atoms with van der Waals surface area (Å²) in [4.78, 5) is 2.41. The molecule has 1 aliphatic heterocycles. The summed E-state index contributed by atoms with van der Waals surface area (Å²) in [6.45, 7) is 4.37. The summed E-state index contributed by atoms with van der Waals surface area (Å²) in [5.41, 5.74) is 1.57. The molecular weight excluding hydrogens is 184 g/mol. The summed E-state index contributed by atoms with van der Waals surface area (Å²) in [6, 6.07) is 1.37. The molecule has 0 spiro atoms. The SMILES string of the molecule is CC1CC(NC/C=C/Cl)CCN1C. The van der Waals surface area contributed by atoms with Crippen LogP contribution in [0.5, 0.6) is 0 Å². The first-order valence-corrected chi connectivity index (χ1v) is 5.36. The topological polar surface area (TPSA) is 15.3 Å². The average molecular weight is 203 g/mol. The molecule has 1 fully saturated rings. The van der Waals surface area contributed by atoms with Gasteiger partial charge in [0.2, 0.25) is 0 Å². The molecule has 3 heteroatoms. The number of likely N-dealkylation sites (tertiary alicyclic amines) is 1. The quantitative estimate of drug-likeness (QED) is 0.751. The molecule has 0 aromatic rings. The molecule has 0 aliphatic carbocycles. The van der Waals surface area contributed by atoms with E-state index in [0.717, 1.165) is 6.54 Å². The molecule has 1 saturated heterocycles. The third-order valence-corrected chi connectivity index (χ3v) is 3.00. The van der Waals surface area contributed by atoms with E-state index < -0.39 is 0 Å². The van der Waals surface area contributed by atoms with Crippen LogP contribution in [-0.2, 0) is 0 Å². The molecule has 0 radical (unpaired) electrons. The van der Waals surface area contributed by atoms with E-state index >= 15 is 0 Å². The molecule has 76 valence electrons. The smallest absolute Gasteiger partial charge is 0.0149 e. The summed E-state index contributed by atoms with van der Waals surface area (Å²) in [7, 11) is 2.19. The van der Waals surface area contributed by atoms with Crippen molar-refractivity contribution in [1.29, 1.82) is 0 Å². The Morgan fingerprint density at radius 1 is 1.62 bits per heavy atom. The molecule has 2 atom stereocenters. The maximum atomic E-state index is 5.44. The summed E-state index contributed by atoms with van der Waals surface area (Å²) < 4.78 is 0. The number of piperidine rings is 1. The highest BCUT2D eigenvalue weighted by Gasteiger charge is 2.21. The first kappa shape index (κ1) is 11.0. The molecular formula is C10H19ClN2. The van der Waals surface area contributed by atoms with Gasteiger partial charge in [0, 0.05) is 24.2 Å². The predicted octanol–water partition coefficient (Wildman–Crippen LogP) is 1.81. The van der Waals surface area contributed by atoms with Crippen LogP contribution in [0.15, 0.2) is 11.6 Å². The van der Waals surface area contributed by atoms with Crippen molar-refractivity contribution in [2.45, 2.75) is 31.8 Å². The lowest BCUT2D eigenvalue weighted by Gasteiger charge is -2.35. The lowest BCUT2D eigenvalue weighted by molar-refractivity contribution is 0.170. The predicted molar refractivity (Wildman–Crippen MR) is 58.1 cm³/mol. The van der Waals surface area contributed by atoms with Gasteiger partial charge in [0.05, 0.1) is 0 Å². The summed E-state index contributed by atoms with van der Waals surface area (Å²) in [5.74, 6) is 0. The first-order valence-electron chi connectivity index (χ1n) is 4.93. The van der Waals surface area contributed by atoms with Crippen LogP contribution in [0.3, 0.4) is 0 Å². The van der Waals surface area contributed by atoms with Crippen molar-refractivity contribution in [3.05, 3.63) is 11.6 Å². The van der Waals surface area contributed by atoms with Gasteiger partial charge in [0.15, 0.2) is 0 Å². The minimum Gasteiger partial charge on any atom is -0.310 e. The fourth-order valence-corrected chi connectivity index (χ4v) is 1.84. The molecule has 1 heterocycles.